The Labute approximate surface area is 94.6 Å². The molecule has 0 fully saturated rings. The fourth-order valence-corrected chi connectivity index (χ4v) is 2.08. The second-order valence-corrected chi connectivity index (χ2v) is 4.04. The quantitative estimate of drug-likeness (QED) is 0.699. The lowest BCUT2D eigenvalue weighted by molar-refractivity contribution is 0.772. The Balaban J connectivity index is 2.63. The van der Waals surface area contributed by atoms with Crippen LogP contribution >= 0.6 is 11.5 Å². The number of anilines is 1. The van der Waals surface area contributed by atoms with E-state index in [1.165, 1.54) is 11.5 Å². The molecule has 0 saturated carbocycles. The fourth-order valence-electron chi connectivity index (χ4n) is 1.31. The van der Waals surface area contributed by atoms with Crippen LogP contribution in [0.25, 0.3) is 0 Å². The van der Waals surface area contributed by atoms with E-state index >= 15 is 0 Å². The Morgan fingerprint density at radius 1 is 1.27 bits per heavy atom. The number of aromatic nitrogens is 2. The predicted octanol–water partition coefficient (Wildman–Crippen LogP) is 0.214. The molecule has 0 aliphatic heterocycles. The summed E-state index contributed by atoms with van der Waals surface area (Å²) in [4.78, 5) is 6.55. The Hall–Kier alpha value is -0.720. The summed E-state index contributed by atoms with van der Waals surface area (Å²) in [6, 6.07) is 0. The first-order valence-corrected chi connectivity index (χ1v) is 6.06. The van der Waals surface area contributed by atoms with E-state index in [0.29, 0.717) is 13.1 Å². The zero-order valence-corrected chi connectivity index (χ0v) is 9.96. The van der Waals surface area contributed by atoms with Gasteiger partial charge in [0.2, 0.25) is 5.13 Å². The molecule has 15 heavy (non-hydrogen) atoms. The summed E-state index contributed by atoms with van der Waals surface area (Å²) in [6.07, 6.45) is 2.01. The van der Waals surface area contributed by atoms with E-state index in [9.17, 15) is 0 Å². The van der Waals surface area contributed by atoms with E-state index in [0.717, 1.165) is 36.9 Å². The van der Waals surface area contributed by atoms with Gasteiger partial charge >= 0.3 is 0 Å². The van der Waals surface area contributed by atoms with Crippen molar-refractivity contribution in [3.63, 3.8) is 0 Å². The first-order valence-electron chi connectivity index (χ1n) is 5.29. The van der Waals surface area contributed by atoms with Crippen molar-refractivity contribution in [3.05, 3.63) is 5.82 Å². The molecule has 1 aromatic heterocycles. The van der Waals surface area contributed by atoms with Gasteiger partial charge in [-0.1, -0.05) is 6.92 Å². The summed E-state index contributed by atoms with van der Waals surface area (Å²) in [7, 11) is 0. The maximum Gasteiger partial charge on any atom is 0.205 e. The van der Waals surface area contributed by atoms with Crippen molar-refractivity contribution >= 4 is 16.7 Å². The molecule has 6 heteroatoms. The minimum atomic E-state index is 0.614. The van der Waals surface area contributed by atoms with E-state index in [-0.39, 0.29) is 0 Å². The molecular weight excluding hydrogens is 210 g/mol. The minimum Gasteiger partial charge on any atom is -0.344 e. The topological polar surface area (TPSA) is 81.1 Å². The van der Waals surface area contributed by atoms with Crippen LogP contribution in [-0.2, 0) is 6.42 Å². The Morgan fingerprint density at radius 2 is 1.93 bits per heavy atom. The lowest BCUT2D eigenvalue weighted by Crippen LogP contribution is -2.33. The van der Waals surface area contributed by atoms with Crippen LogP contribution in [0.2, 0.25) is 0 Å². The monoisotopic (exact) mass is 229 g/mol. The van der Waals surface area contributed by atoms with Gasteiger partial charge in [0.1, 0.15) is 5.82 Å². The van der Waals surface area contributed by atoms with Crippen LogP contribution < -0.4 is 16.4 Å². The number of aryl methyl sites for hydroxylation is 1. The van der Waals surface area contributed by atoms with Gasteiger partial charge in [-0.15, -0.1) is 0 Å². The number of nitrogens with zero attached hydrogens (tertiary/aromatic N) is 3. The predicted molar refractivity (Wildman–Crippen MR) is 64.2 cm³/mol. The molecule has 1 heterocycles. The van der Waals surface area contributed by atoms with Crippen molar-refractivity contribution in [2.24, 2.45) is 11.5 Å². The van der Waals surface area contributed by atoms with Crippen molar-refractivity contribution in [1.29, 1.82) is 0 Å². The van der Waals surface area contributed by atoms with Gasteiger partial charge in [-0.3, -0.25) is 0 Å². The molecule has 0 unspecified atom stereocenters. The molecule has 4 N–H and O–H groups in total. The van der Waals surface area contributed by atoms with Crippen LogP contribution in [0.3, 0.4) is 0 Å². The first kappa shape index (κ1) is 12.4. The molecule has 0 bridgehead atoms. The smallest absolute Gasteiger partial charge is 0.205 e. The normalized spacial score (nSPS) is 10.6. The van der Waals surface area contributed by atoms with E-state index in [1.54, 1.807) is 0 Å². The second-order valence-electron chi connectivity index (χ2n) is 3.31. The van der Waals surface area contributed by atoms with Crippen molar-refractivity contribution in [2.75, 3.05) is 31.1 Å². The average Bonchev–Trinajstić information content (AvgIpc) is 2.67. The van der Waals surface area contributed by atoms with Crippen LogP contribution in [-0.4, -0.2) is 35.5 Å². The third kappa shape index (κ3) is 3.73. The van der Waals surface area contributed by atoms with E-state index < -0.39 is 0 Å². The summed E-state index contributed by atoms with van der Waals surface area (Å²) < 4.78 is 4.30. The third-order valence-corrected chi connectivity index (χ3v) is 2.81. The number of rotatable bonds is 7. The average molecular weight is 229 g/mol. The highest BCUT2D eigenvalue weighted by Gasteiger charge is 2.10. The molecule has 0 spiro atoms. The van der Waals surface area contributed by atoms with Crippen molar-refractivity contribution in [2.45, 2.75) is 19.8 Å². The molecule has 5 nitrogen and oxygen atoms in total. The first-order chi connectivity index (χ1) is 7.31. The van der Waals surface area contributed by atoms with Crippen molar-refractivity contribution in [1.82, 2.24) is 9.36 Å². The molecule has 0 aliphatic carbocycles. The number of nitrogens with two attached hydrogens (primary N) is 2. The Morgan fingerprint density at radius 3 is 2.47 bits per heavy atom. The molecule has 86 valence electrons. The lowest BCUT2D eigenvalue weighted by Gasteiger charge is -2.18. The van der Waals surface area contributed by atoms with E-state index in [2.05, 4.69) is 21.2 Å². The number of hydrogen-bond acceptors (Lipinski definition) is 6. The summed E-state index contributed by atoms with van der Waals surface area (Å²) >= 11 is 1.43. The van der Waals surface area contributed by atoms with Crippen molar-refractivity contribution < 1.29 is 0 Å². The molecule has 1 aromatic rings. The second kappa shape index (κ2) is 6.71. The molecule has 0 aliphatic rings. The molecule has 0 aromatic carbocycles. The van der Waals surface area contributed by atoms with Crippen LogP contribution in [0.5, 0.6) is 0 Å². The summed E-state index contributed by atoms with van der Waals surface area (Å²) in [5, 5.41) is 0.939. The van der Waals surface area contributed by atoms with Crippen LogP contribution in [0.4, 0.5) is 5.13 Å². The maximum absolute atomic E-state index is 5.54. The lowest BCUT2D eigenvalue weighted by atomic mass is 10.3. The SMILES string of the molecule is CCCc1nsc(N(CCN)CCN)n1. The van der Waals surface area contributed by atoms with Gasteiger partial charge in [0, 0.05) is 44.1 Å². The number of hydrogen-bond donors (Lipinski definition) is 2. The summed E-state index contributed by atoms with van der Waals surface area (Å²) in [5.41, 5.74) is 11.1. The highest BCUT2D eigenvalue weighted by molar-refractivity contribution is 7.09. The Bertz CT molecular complexity index is 269. The highest BCUT2D eigenvalue weighted by Crippen LogP contribution is 2.16. The van der Waals surface area contributed by atoms with Gasteiger partial charge in [-0.2, -0.15) is 4.37 Å². The van der Waals surface area contributed by atoms with Gasteiger partial charge in [-0.25, -0.2) is 4.98 Å². The highest BCUT2D eigenvalue weighted by atomic mass is 32.1. The molecule has 0 amide bonds. The van der Waals surface area contributed by atoms with Gasteiger partial charge in [0.15, 0.2) is 0 Å². The summed E-state index contributed by atoms with van der Waals surface area (Å²) in [6.45, 7) is 4.93. The van der Waals surface area contributed by atoms with Gasteiger partial charge < -0.3 is 16.4 Å². The molecule has 0 atom stereocenters. The standard InChI is InChI=1S/C9H19N5S/c1-2-3-8-12-9(15-13-8)14(6-4-10)7-5-11/h2-7,10-11H2,1H3. The van der Waals surface area contributed by atoms with E-state index in [4.69, 9.17) is 11.5 Å². The van der Waals surface area contributed by atoms with Gasteiger partial charge in [0.25, 0.3) is 0 Å². The van der Waals surface area contributed by atoms with Gasteiger partial charge in [0.05, 0.1) is 0 Å². The third-order valence-electron chi connectivity index (χ3n) is 2.00. The summed E-state index contributed by atoms with van der Waals surface area (Å²) in [5.74, 6) is 0.927. The largest absolute Gasteiger partial charge is 0.344 e. The molecule has 1 rings (SSSR count). The van der Waals surface area contributed by atoms with Crippen LogP contribution in [0, 0.1) is 0 Å². The zero-order chi connectivity index (χ0) is 11.1. The van der Waals surface area contributed by atoms with Crippen molar-refractivity contribution in [3.8, 4) is 0 Å². The van der Waals surface area contributed by atoms with Gasteiger partial charge in [-0.05, 0) is 6.42 Å². The maximum atomic E-state index is 5.54. The molecular formula is C9H19N5S. The Kier molecular flexibility index (Phi) is 5.52. The molecule has 0 radical (unpaired) electrons. The fraction of sp³-hybridized carbons (Fsp3) is 0.778. The minimum absolute atomic E-state index is 0.614. The zero-order valence-electron chi connectivity index (χ0n) is 9.15. The van der Waals surface area contributed by atoms with Crippen LogP contribution in [0.15, 0.2) is 0 Å². The van der Waals surface area contributed by atoms with E-state index in [1.807, 2.05) is 0 Å². The molecule has 0 saturated heterocycles. The van der Waals surface area contributed by atoms with Crippen LogP contribution in [0.1, 0.15) is 19.2 Å².